The largest absolute Gasteiger partial charge is 0.367 e. The summed E-state index contributed by atoms with van der Waals surface area (Å²) in [5.41, 5.74) is 1.07. The molecular weight excluding hydrogens is 326 g/mol. The van der Waals surface area contributed by atoms with Gasteiger partial charge in [-0.25, -0.2) is 0 Å². The lowest BCUT2D eigenvalue weighted by molar-refractivity contribution is -0.126. The Balaban J connectivity index is 1.65. The summed E-state index contributed by atoms with van der Waals surface area (Å²) in [4.78, 5) is 12.7. The number of nitrogens with one attached hydrogen (secondary N) is 1. The fraction of sp³-hybridized carbons (Fsp3) is 0.214. The van der Waals surface area contributed by atoms with E-state index in [0.717, 1.165) is 14.2 Å². The summed E-state index contributed by atoms with van der Waals surface area (Å²) in [6.07, 6.45) is 0. The highest BCUT2D eigenvalue weighted by atomic mass is 79.9. The Bertz CT molecular complexity index is 527. The van der Waals surface area contributed by atoms with Gasteiger partial charge in [-0.2, -0.15) is 0 Å². The molecule has 19 heavy (non-hydrogen) atoms. The molecule has 2 rings (SSSR count). The number of carbonyl (C=O) groups excluding carboxylic acids is 1. The minimum atomic E-state index is -0.0968. The summed E-state index contributed by atoms with van der Waals surface area (Å²) in [6, 6.07) is 13.8. The fourth-order valence-corrected chi connectivity index (χ4v) is 2.94. The Kier molecular flexibility index (Phi) is 5.57. The molecule has 0 radical (unpaired) electrons. The summed E-state index contributed by atoms with van der Waals surface area (Å²) in [5, 5.41) is 2.82. The van der Waals surface area contributed by atoms with Crippen LogP contribution in [0.1, 0.15) is 10.4 Å². The summed E-state index contributed by atoms with van der Waals surface area (Å²) in [6.45, 7) is 1.09. The Morgan fingerprint density at radius 1 is 1.21 bits per heavy atom. The number of benzene rings is 1. The van der Waals surface area contributed by atoms with E-state index in [9.17, 15) is 4.79 Å². The molecule has 0 bridgehead atoms. The molecule has 1 N–H and O–H groups in total. The predicted molar refractivity (Wildman–Crippen MR) is 80.0 cm³/mol. The van der Waals surface area contributed by atoms with Crippen LogP contribution in [-0.4, -0.2) is 12.5 Å². The van der Waals surface area contributed by atoms with E-state index in [1.54, 1.807) is 11.3 Å². The van der Waals surface area contributed by atoms with Crippen LogP contribution in [0.2, 0.25) is 0 Å². The number of carbonyl (C=O) groups is 1. The van der Waals surface area contributed by atoms with Gasteiger partial charge in [0.2, 0.25) is 5.91 Å². The van der Waals surface area contributed by atoms with Crippen LogP contribution in [-0.2, 0) is 22.7 Å². The van der Waals surface area contributed by atoms with E-state index in [1.165, 1.54) is 0 Å². The van der Waals surface area contributed by atoms with E-state index in [-0.39, 0.29) is 12.5 Å². The van der Waals surface area contributed by atoms with Crippen molar-refractivity contribution in [2.24, 2.45) is 0 Å². The molecule has 1 aromatic heterocycles. The van der Waals surface area contributed by atoms with E-state index in [4.69, 9.17) is 4.74 Å². The second kappa shape index (κ2) is 7.43. The maximum atomic E-state index is 11.6. The number of amides is 1. The lowest BCUT2D eigenvalue weighted by Gasteiger charge is -2.05. The van der Waals surface area contributed by atoms with Crippen LogP contribution in [0.25, 0.3) is 0 Å². The van der Waals surface area contributed by atoms with Crippen molar-refractivity contribution in [1.29, 1.82) is 0 Å². The standard InChI is InChI=1S/C14H14BrNO2S/c15-13-7-6-12(19-13)8-16-14(17)10-18-9-11-4-2-1-3-5-11/h1-7H,8-10H2,(H,16,17). The molecule has 1 amide bonds. The smallest absolute Gasteiger partial charge is 0.246 e. The van der Waals surface area contributed by atoms with Crippen LogP contribution < -0.4 is 5.32 Å². The summed E-state index contributed by atoms with van der Waals surface area (Å²) >= 11 is 5.00. The fourth-order valence-electron chi connectivity index (χ4n) is 1.52. The lowest BCUT2D eigenvalue weighted by atomic mass is 10.2. The molecule has 0 aliphatic rings. The Morgan fingerprint density at radius 2 is 2.00 bits per heavy atom. The molecular formula is C14H14BrNO2S. The third-order valence-corrected chi connectivity index (χ3v) is 4.06. The van der Waals surface area contributed by atoms with Gasteiger partial charge in [0.1, 0.15) is 6.61 Å². The van der Waals surface area contributed by atoms with Gasteiger partial charge >= 0.3 is 0 Å². The first kappa shape index (κ1) is 14.2. The first-order chi connectivity index (χ1) is 9.24. The maximum absolute atomic E-state index is 11.6. The van der Waals surface area contributed by atoms with E-state index >= 15 is 0 Å². The molecule has 100 valence electrons. The molecule has 0 atom stereocenters. The van der Waals surface area contributed by atoms with Crippen LogP contribution in [0, 0.1) is 0 Å². The number of hydrogen-bond acceptors (Lipinski definition) is 3. The normalized spacial score (nSPS) is 10.4. The molecule has 0 unspecified atom stereocenters. The van der Waals surface area contributed by atoms with E-state index in [1.807, 2.05) is 42.5 Å². The molecule has 0 saturated carbocycles. The Hall–Kier alpha value is -1.17. The topological polar surface area (TPSA) is 38.3 Å². The summed E-state index contributed by atoms with van der Waals surface area (Å²) < 4.78 is 6.42. The van der Waals surface area contributed by atoms with Crippen molar-refractivity contribution in [1.82, 2.24) is 5.32 Å². The zero-order valence-electron chi connectivity index (χ0n) is 10.3. The minimum Gasteiger partial charge on any atom is -0.367 e. The maximum Gasteiger partial charge on any atom is 0.246 e. The van der Waals surface area contributed by atoms with Crippen LogP contribution >= 0.6 is 27.3 Å². The first-order valence-electron chi connectivity index (χ1n) is 5.86. The van der Waals surface area contributed by atoms with Crippen LogP contribution in [0.3, 0.4) is 0 Å². The SMILES string of the molecule is O=C(COCc1ccccc1)NCc1ccc(Br)s1. The molecule has 1 heterocycles. The molecule has 0 spiro atoms. The predicted octanol–water partition coefficient (Wildman–Crippen LogP) is 3.34. The van der Waals surface area contributed by atoms with Crippen molar-refractivity contribution in [3.63, 3.8) is 0 Å². The van der Waals surface area contributed by atoms with Crippen molar-refractivity contribution in [2.75, 3.05) is 6.61 Å². The number of ether oxygens (including phenoxy) is 1. The van der Waals surface area contributed by atoms with Gasteiger partial charge in [-0.3, -0.25) is 4.79 Å². The van der Waals surface area contributed by atoms with Crippen LogP contribution in [0.5, 0.6) is 0 Å². The van der Waals surface area contributed by atoms with Gasteiger partial charge in [0.25, 0.3) is 0 Å². The highest BCUT2D eigenvalue weighted by Gasteiger charge is 2.03. The van der Waals surface area contributed by atoms with Gasteiger partial charge < -0.3 is 10.1 Å². The first-order valence-corrected chi connectivity index (χ1v) is 7.47. The van der Waals surface area contributed by atoms with Crippen molar-refractivity contribution < 1.29 is 9.53 Å². The number of rotatable bonds is 6. The Labute approximate surface area is 124 Å². The van der Waals surface area contributed by atoms with Crippen molar-refractivity contribution in [3.05, 3.63) is 56.7 Å². The molecule has 3 nitrogen and oxygen atoms in total. The molecule has 1 aromatic carbocycles. The molecule has 0 fully saturated rings. The molecule has 2 aromatic rings. The third kappa shape index (κ3) is 5.14. The van der Waals surface area contributed by atoms with E-state index < -0.39 is 0 Å². The lowest BCUT2D eigenvalue weighted by Crippen LogP contribution is -2.26. The molecule has 0 aliphatic heterocycles. The third-order valence-electron chi connectivity index (χ3n) is 2.43. The minimum absolute atomic E-state index is 0.0848. The summed E-state index contributed by atoms with van der Waals surface area (Å²) in [7, 11) is 0. The average molecular weight is 340 g/mol. The van der Waals surface area contributed by atoms with Crippen molar-refractivity contribution in [3.8, 4) is 0 Å². The van der Waals surface area contributed by atoms with E-state index in [2.05, 4.69) is 21.2 Å². The van der Waals surface area contributed by atoms with Gasteiger partial charge in [-0.05, 0) is 33.6 Å². The van der Waals surface area contributed by atoms with Gasteiger partial charge in [0, 0.05) is 4.88 Å². The van der Waals surface area contributed by atoms with Crippen LogP contribution in [0.15, 0.2) is 46.3 Å². The monoisotopic (exact) mass is 339 g/mol. The van der Waals surface area contributed by atoms with Crippen molar-refractivity contribution >= 4 is 33.2 Å². The van der Waals surface area contributed by atoms with Crippen molar-refractivity contribution in [2.45, 2.75) is 13.2 Å². The number of hydrogen-bond donors (Lipinski definition) is 1. The molecule has 0 aliphatic carbocycles. The van der Waals surface area contributed by atoms with Crippen LogP contribution in [0.4, 0.5) is 0 Å². The molecule has 5 heteroatoms. The second-order valence-electron chi connectivity index (χ2n) is 3.96. The van der Waals surface area contributed by atoms with Gasteiger partial charge in [-0.15, -0.1) is 11.3 Å². The quantitative estimate of drug-likeness (QED) is 0.876. The summed E-state index contributed by atoms with van der Waals surface area (Å²) in [5.74, 6) is -0.0968. The van der Waals surface area contributed by atoms with Gasteiger partial charge in [-0.1, -0.05) is 30.3 Å². The highest BCUT2D eigenvalue weighted by molar-refractivity contribution is 9.11. The van der Waals surface area contributed by atoms with Gasteiger partial charge in [0.15, 0.2) is 0 Å². The number of thiophene rings is 1. The zero-order chi connectivity index (χ0) is 13.5. The van der Waals surface area contributed by atoms with Gasteiger partial charge in [0.05, 0.1) is 16.9 Å². The zero-order valence-corrected chi connectivity index (χ0v) is 12.7. The average Bonchev–Trinajstić information content (AvgIpc) is 2.83. The molecule has 0 saturated heterocycles. The highest BCUT2D eigenvalue weighted by Crippen LogP contribution is 2.21. The number of halogens is 1. The van der Waals surface area contributed by atoms with E-state index in [0.29, 0.717) is 13.2 Å². The second-order valence-corrected chi connectivity index (χ2v) is 6.51. The Morgan fingerprint density at radius 3 is 2.68 bits per heavy atom.